The van der Waals surface area contributed by atoms with Crippen LogP contribution in [0.25, 0.3) is 0 Å². The fourth-order valence-electron chi connectivity index (χ4n) is 2.65. The van der Waals surface area contributed by atoms with E-state index in [0.29, 0.717) is 18.0 Å². The molecule has 1 unspecified atom stereocenters. The minimum absolute atomic E-state index is 0.307. The van der Waals surface area contributed by atoms with Gasteiger partial charge in [-0.05, 0) is 37.9 Å². The van der Waals surface area contributed by atoms with Gasteiger partial charge in [-0.1, -0.05) is 6.07 Å². The van der Waals surface area contributed by atoms with Gasteiger partial charge in [-0.2, -0.15) is 0 Å². The summed E-state index contributed by atoms with van der Waals surface area (Å²) in [6.07, 6.45) is 3.74. The van der Waals surface area contributed by atoms with Crippen LogP contribution in [0.15, 0.2) is 18.2 Å². The van der Waals surface area contributed by atoms with E-state index in [1.165, 1.54) is 17.0 Å². The number of hydrogen-bond donors (Lipinski definition) is 1. The molecule has 1 aromatic carbocycles. The molecule has 2 aromatic rings. The summed E-state index contributed by atoms with van der Waals surface area (Å²) in [4.78, 5) is 5.96. The Bertz CT molecular complexity index is 624. The molecular formula is C15H16F2N2S. The van der Waals surface area contributed by atoms with Gasteiger partial charge in [0.1, 0.15) is 11.6 Å². The molecule has 0 fully saturated rings. The number of nitrogens with one attached hydrogen (secondary N) is 1. The lowest BCUT2D eigenvalue weighted by atomic mass is 9.98. The summed E-state index contributed by atoms with van der Waals surface area (Å²) in [5, 5.41) is 4.18. The summed E-state index contributed by atoms with van der Waals surface area (Å²) >= 11 is 1.65. The smallest absolute Gasteiger partial charge is 0.129 e. The highest BCUT2D eigenvalue weighted by molar-refractivity contribution is 7.11. The Kier molecular flexibility index (Phi) is 3.81. The summed E-state index contributed by atoms with van der Waals surface area (Å²) < 4.78 is 26.6. The van der Waals surface area contributed by atoms with E-state index in [4.69, 9.17) is 0 Å². The lowest BCUT2D eigenvalue weighted by molar-refractivity contribution is 0.489. The molecule has 0 bridgehead atoms. The first-order valence-electron chi connectivity index (χ1n) is 6.77. The van der Waals surface area contributed by atoms with Crippen LogP contribution in [-0.2, 0) is 12.8 Å². The Labute approximate surface area is 120 Å². The van der Waals surface area contributed by atoms with Gasteiger partial charge in [0, 0.05) is 17.4 Å². The highest BCUT2D eigenvalue weighted by Gasteiger charge is 2.23. The number of nitrogens with zero attached hydrogens (tertiary/aromatic N) is 1. The van der Waals surface area contributed by atoms with Crippen LogP contribution >= 0.6 is 11.3 Å². The summed E-state index contributed by atoms with van der Waals surface area (Å²) in [7, 11) is 1.94. The van der Waals surface area contributed by atoms with Gasteiger partial charge in [-0.25, -0.2) is 13.8 Å². The van der Waals surface area contributed by atoms with Crippen LogP contribution in [-0.4, -0.2) is 12.0 Å². The number of aromatic nitrogens is 1. The molecule has 2 nitrogen and oxygen atoms in total. The maximum absolute atomic E-state index is 13.7. The first-order chi connectivity index (χ1) is 9.67. The topological polar surface area (TPSA) is 24.9 Å². The maximum Gasteiger partial charge on any atom is 0.129 e. The molecule has 0 saturated carbocycles. The molecular weight excluding hydrogens is 278 g/mol. The molecule has 0 aliphatic heterocycles. The second-order valence-corrected chi connectivity index (χ2v) is 6.23. The molecule has 0 radical (unpaired) electrons. The molecule has 20 heavy (non-hydrogen) atoms. The third-order valence-electron chi connectivity index (χ3n) is 3.70. The van der Waals surface area contributed by atoms with E-state index in [1.807, 2.05) is 7.05 Å². The average molecular weight is 294 g/mol. The number of aryl methyl sites for hydroxylation is 1. The highest BCUT2D eigenvalue weighted by atomic mass is 32.1. The van der Waals surface area contributed by atoms with E-state index in [9.17, 15) is 8.78 Å². The highest BCUT2D eigenvalue weighted by Crippen LogP contribution is 2.33. The van der Waals surface area contributed by atoms with Gasteiger partial charge in [-0.15, -0.1) is 11.3 Å². The monoisotopic (exact) mass is 294 g/mol. The second kappa shape index (κ2) is 5.58. The number of rotatable bonds is 3. The number of fused-ring (bicyclic) bond motifs is 1. The number of thiazole rings is 1. The van der Waals surface area contributed by atoms with Gasteiger partial charge in [0.05, 0.1) is 16.7 Å². The fraction of sp³-hybridized carbons (Fsp3) is 0.400. The number of halogens is 2. The molecule has 0 spiro atoms. The van der Waals surface area contributed by atoms with Gasteiger partial charge in [0.15, 0.2) is 0 Å². The zero-order valence-corrected chi connectivity index (χ0v) is 12.1. The molecule has 1 heterocycles. The third kappa shape index (κ3) is 2.60. The average Bonchev–Trinajstić information content (AvgIpc) is 2.84. The maximum atomic E-state index is 13.7. The molecule has 1 aromatic heterocycles. The fourth-order valence-corrected chi connectivity index (χ4v) is 3.85. The van der Waals surface area contributed by atoms with Crippen molar-refractivity contribution in [2.75, 3.05) is 7.05 Å². The predicted octanol–water partition coefficient (Wildman–Crippen LogP) is 3.61. The molecule has 1 atom stereocenters. The van der Waals surface area contributed by atoms with Gasteiger partial charge >= 0.3 is 0 Å². The Morgan fingerprint density at radius 1 is 1.40 bits per heavy atom. The van der Waals surface area contributed by atoms with Crippen molar-refractivity contribution in [2.45, 2.75) is 31.7 Å². The minimum atomic E-state index is -0.542. The largest absolute Gasteiger partial charge is 0.312 e. The molecule has 5 heteroatoms. The van der Waals surface area contributed by atoms with E-state index in [1.54, 1.807) is 11.3 Å². The first kappa shape index (κ1) is 13.6. The Balaban J connectivity index is 1.87. The Hall–Kier alpha value is -1.33. The Morgan fingerprint density at radius 3 is 3.00 bits per heavy atom. The van der Waals surface area contributed by atoms with Crippen LogP contribution in [0.2, 0.25) is 0 Å². The van der Waals surface area contributed by atoms with E-state index >= 15 is 0 Å². The molecule has 1 aliphatic rings. The van der Waals surface area contributed by atoms with Crippen LogP contribution < -0.4 is 5.32 Å². The van der Waals surface area contributed by atoms with Crippen molar-refractivity contribution in [3.8, 4) is 0 Å². The van der Waals surface area contributed by atoms with Crippen molar-refractivity contribution in [1.82, 2.24) is 10.3 Å². The number of hydrogen-bond acceptors (Lipinski definition) is 3. The van der Waals surface area contributed by atoms with Crippen LogP contribution in [0.4, 0.5) is 8.78 Å². The summed E-state index contributed by atoms with van der Waals surface area (Å²) in [5.74, 6) is -1.04. The third-order valence-corrected chi connectivity index (χ3v) is 4.83. The van der Waals surface area contributed by atoms with Crippen molar-refractivity contribution in [2.24, 2.45) is 0 Å². The lowest BCUT2D eigenvalue weighted by Crippen LogP contribution is -2.21. The normalized spacial score (nSPS) is 18.1. The molecule has 106 valence electrons. The zero-order chi connectivity index (χ0) is 14.1. The summed E-state index contributed by atoms with van der Waals surface area (Å²) in [5.41, 5.74) is 1.61. The lowest BCUT2D eigenvalue weighted by Gasteiger charge is -2.19. The van der Waals surface area contributed by atoms with E-state index < -0.39 is 11.6 Å². The standard InChI is InChI=1S/C15H16F2N2S/c1-18-12-3-2-4-13-15(12)19-14(20-13)7-9-5-6-10(16)8-11(9)17/h5-6,8,12,18H,2-4,7H2,1H3. The van der Waals surface area contributed by atoms with Crippen LogP contribution in [0.1, 0.15) is 40.0 Å². The minimum Gasteiger partial charge on any atom is -0.312 e. The predicted molar refractivity (Wildman–Crippen MR) is 76.0 cm³/mol. The molecule has 1 N–H and O–H groups in total. The van der Waals surface area contributed by atoms with Crippen molar-refractivity contribution in [3.63, 3.8) is 0 Å². The van der Waals surface area contributed by atoms with Gasteiger partial charge in [-0.3, -0.25) is 0 Å². The second-order valence-electron chi connectivity index (χ2n) is 5.06. The Morgan fingerprint density at radius 2 is 2.25 bits per heavy atom. The van der Waals surface area contributed by atoms with Gasteiger partial charge < -0.3 is 5.32 Å². The van der Waals surface area contributed by atoms with E-state index in [-0.39, 0.29) is 0 Å². The van der Waals surface area contributed by atoms with Crippen molar-refractivity contribution >= 4 is 11.3 Å². The van der Waals surface area contributed by atoms with Crippen LogP contribution in [0, 0.1) is 11.6 Å². The van der Waals surface area contributed by atoms with Crippen LogP contribution in [0.3, 0.4) is 0 Å². The van der Waals surface area contributed by atoms with E-state index in [0.717, 1.165) is 36.0 Å². The molecule has 0 amide bonds. The van der Waals surface area contributed by atoms with Crippen molar-refractivity contribution in [3.05, 3.63) is 51.0 Å². The molecule has 1 aliphatic carbocycles. The van der Waals surface area contributed by atoms with Crippen LogP contribution in [0.5, 0.6) is 0 Å². The quantitative estimate of drug-likeness (QED) is 0.935. The van der Waals surface area contributed by atoms with E-state index in [2.05, 4.69) is 10.3 Å². The SMILES string of the molecule is CNC1CCCc2sc(Cc3ccc(F)cc3F)nc21. The number of benzene rings is 1. The summed E-state index contributed by atoms with van der Waals surface area (Å²) in [6, 6.07) is 4.03. The summed E-state index contributed by atoms with van der Waals surface area (Å²) in [6.45, 7) is 0. The molecule has 0 saturated heterocycles. The van der Waals surface area contributed by atoms with Crippen molar-refractivity contribution < 1.29 is 8.78 Å². The van der Waals surface area contributed by atoms with Gasteiger partial charge in [0.2, 0.25) is 0 Å². The first-order valence-corrected chi connectivity index (χ1v) is 7.58. The molecule has 3 rings (SSSR count). The zero-order valence-electron chi connectivity index (χ0n) is 11.2. The van der Waals surface area contributed by atoms with Crippen molar-refractivity contribution in [1.29, 1.82) is 0 Å². The van der Waals surface area contributed by atoms with Gasteiger partial charge in [0.25, 0.3) is 0 Å².